The number of nitrogens with one attached hydrogen (secondary N) is 1. The van der Waals surface area contributed by atoms with Gasteiger partial charge in [0.25, 0.3) is 0 Å². The summed E-state index contributed by atoms with van der Waals surface area (Å²) in [7, 11) is 0. The van der Waals surface area contributed by atoms with Gasteiger partial charge in [0.05, 0.1) is 0 Å². The summed E-state index contributed by atoms with van der Waals surface area (Å²) < 4.78 is 1.02. The Morgan fingerprint density at radius 1 is 1.46 bits per heavy atom. The van der Waals surface area contributed by atoms with E-state index in [0.717, 1.165) is 10.3 Å². The highest BCUT2D eigenvalue weighted by Gasteiger charge is 2.31. The molecule has 0 saturated heterocycles. The molecule has 0 aliphatic heterocycles. The Hall–Kier alpha value is -0.570. The maximum Gasteiger partial charge on any atom is 0.126 e. The fourth-order valence-corrected chi connectivity index (χ4v) is 1.83. The van der Waals surface area contributed by atoms with Crippen LogP contribution in [0.15, 0.2) is 22.8 Å². The molecule has 0 unspecified atom stereocenters. The van der Waals surface area contributed by atoms with Gasteiger partial charge < -0.3 is 5.32 Å². The topological polar surface area (TPSA) is 24.9 Å². The highest BCUT2D eigenvalue weighted by Crippen LogP contribution is 2.34. The highest BCUT2D eigenvalue weighted by molar-refractivity contribution is 9.10. The lowest BCUT2D eigenvalue weighted by Gasteiger charge is -2.39. The first-order chi connectivity index (χ1) is 6.18. The summed E-state index contributed by atoms with van der Waals surface area (Å²) >= 11 is 3.37. The van der Waals surface area contributed by atoms with Crippen molar-refractivity contribution in [3.05, 3.63) is 22.8 Å². The van der Waals surface area contributed by atoms with E-state index in [4.69, 9.17) is 0 Å². The number of rotatable bonds is 2. The van der Waals surface area contributed by atoms with Gasteiger partial charge >= 0.3 is 0 Å². The maximum absolute atomic E-state index is 4.29. The summed E-state index contributed by atoms with van der Waals surface area (Å²) in [5.41, 5.74) is 0.292. The molecule has 1 aromatic rings. The van der Waals surface area contributed by atoms with Crippen LogP contribution in [0, 0.1) is 0 Å². The van der Waals surface area contributed by atoms with Crippen LogP contribution in [-0.4, -0.2) is 10.5 Å². The lowest BCUT2D eigenvalue weighted by molar-refractivity contribution is 0.306. The van der Waals surface area contributed by atoms with Gasteiger partial charge in [0, 0.05) is 16.2 Å². The fourth-order valence-electron chi connectivity index (χ4n) is 1.59. The number of nitrogens with zero attached hydrogens (tertiary/aromatic N) is 1. The van der Waals surface area contributed by atoms with E-state index >= 15 is 0 Å². The molecule has 1 aliphatic carbocycles. The van der Waals surface area contributed by atoms with E-state index in [9.17, 15) is 0 Å². The van der Waals surface area contributed by atoms with E-state index in [-0.39, 0.29) is 0 Å². The van der Waals surface area contributed by atoms with E-state index in [1.807, 2.05) is 18.3 Å². The first-order valence-electron chi connectivity index (χ1n) is 4.58. The van der Waals surface area contributed by atoms with Crippen molar-refractivity contribution in [2.75, 3.05) is 5.32 Å². The summed E-state index contributed by atoms with van der Waals surface area (Å²) in [6.45, 7) is 2.25. The summed E-state index contributed by atoms with van der Waals surface area (Å²) in [4.78, 5) is 4.29. The Morgan fingerprint density at radius 3 is 2.69 bits per heavy atom. The third-order valence-corrected chi connectivity index (χ3v) is 3.08. The molecule has 0 radical (unpaired) electrons. The molecule has 1 aliphatic rings. The van der Waals surface area contributed by atoms with Crippen LogP contribution < -0.4 is 5.32 Å². The molecule has 0 spiro atoms. The van der Waals surface area contributed by atoms with Gasteiger partial charge in [-0.2, -0.15) is 0 Å². The zero-order valence-electron chi connectivity index (χ0n) is 7.68. The minimum absolute atomic E-state index is 0.292. The molecular formula is C10H13BrN2. The fraction of sp³-hybridized carbons (Fsp3) is 0.500. The van der Waals surface area contributed by atoms with Gasteiger partial charge in [-0.1, -0.05) is 0 Å². The van der Waals surface area contributed by atoms with Gasteiger partial charge in [0.15, 0.2) is 0 Å². The average Bonchev–Trinajstić information content (AvgIpc) is 2.06. The molecule has 3 heteroatoms. The van der Waals surface area contributed by atoms with E-state index in [2.05, 4.69) is 33.2 Å². The van der Waals surface area contributed by atoms with Crippen LogP contribution in [0.1, 0.15) is 26.2 Å². The molecular weight excluding hydrogens is 228 g/mol. The van der Waals surface area contributed by atoms with Gasteiger partial charge in [0.2, 0.25) is 0 Å². The quantitative estimate of drug-likeness (QED) is 0.859. The van der Waals surface area contributed by atoms with E-state index in [1.54, 1.807) is 0 Å². The monoisotopic (exact) mass is 240 g/mol. The van der Waals surface area contributed by atoms with Crippen molar-refractivity contribution >= 4 is 21.7 Å². The number of pyridine rings is 1. The van der Waals surface area contributed by atoms with Crippen LogP contribution in [0.5, 0.6) is 0 Å². The minimum Gasteiger partial charge on any atom is -0.365 e. The van der Waals surface area contributed by atoms with Crippen molar-refractivity contribution in [3.8, 4) is 0 Å². The lowest BCUT2D eigenvalue weighted by atomic mass is 9.78. The second-order valence-corrected chi connectivity index (χ2v) is 4.82. The number of halogens is 1. The lowest BCUT2D eigenvalue weighted by Crippen LogP contribution is -2.41. The smallest absolute Gasteiger partial charge is 0.126 e. The molecule has 0 atom stereocenters. The van der Waals surface area contributed by atoms with Crippen molar-refractivity contribution in [1.82, 2.24) is 4.98 Å². The van der Waals surface area contributed by atoms with Crippen LogP contribution in [0.25, 0.3) is 0 Å². The molecule has 1 saturated carbocycles. The third kappa shape index (κ3) is 2.02. The molecule has 70 valence electrons. The van der Waals surface area contributed by atoms with Gasteiger partial charge in [-0.25, -0.2) is 4.98 Å². The second-order valence-electron chi connectivity index (χ2n) is 3.90. The van der Waals surface area contributed by atoms with Crippen LogP contribution in [-0.2, 0) is 0 Å². The Balaban J connectivity index is 2.05. The van der Waals surface area contributed by atoms with Crippen molar-refractivity contribution in [1.29, 1.82) is 0 Å². The highest BCUT2D eigenvalue weighted by atomic mass is 79.9. The van der Waals surface area contributed by atoms with Crippen molar-refractivity contribution in [2.45, 2.75) is 31.7 Å². The third-order valence-electron chi connectivity index (χ3n) is 2.61. The first kappa shape index (κ1) is 9.00. The molecule has 0 aromatic carbocycles. The summed E-state index contributed by atoms with van der Waals surface area (Å²) in [5.74, 6) is 0.977. The molecule has 13 heavy (non-hydrogen) atoms. The normalized spacial score (nSPS) is 19.2. The second kappa shape index (κ2) is 3.29. The molecule has 0 bridgehead atoms. The van der Waals surface area contributed by atoms with Crippen LogP contribution in [0.3, 0.4) is 0 Å². The maximum atomic E-state index is 4.29. The largest absolute Gasteiger partial charge is 0.365 e. The van der Waals surface area contributed by atoms with Crippen molar-refractivity contribution in [3.63, 3.8) is 0 Å². The summed E-state index contributed by atoms with van der Waals surface area (Å²) in [6, 6.07) is 4.02. The molecule has 1 N–H and O–H groups in total. The number of hydrogen-bond donors (Lipinski definition) is 1. The molecule has 0 amide bonds. The van der Waals surface area contributed by atoms with Gasteiger partial charge in [-0.3, -0.25) is 0 Å². The summed E-state index contributed by atoms with van der Waals surface area (Å²) in [6.07, 6.45) is 5.67. The Morgan fingerprint density at radius 2 is 2.23 bits per heavy atom. The zero-order valence-corrected chi connectivity index (χ0v) is 9.26. The van der Waals surface area contributed by atoms with Gasteiger partial charge in [0.1, 0.15) is 5.82 Å². The Bertz CT molecular complexity index is 290. The van der Waals surface area contributed by atoms with Crippen LogP contribution in [0.2, 0.25) is 0 Å². The molecule has 2 rings (SSSR count). The van der Waals surface area contributed by atoms with E-state index in [0.29, 0.717) is 5.54 Å². The number of anilines is 1. The Kier molecular flexibility index (Phi) is 2.28. The van der Waals surface area contributed by atoms with Crippen LogP contribution >= 0.6 is 15.9 Å². The standard InChI is InChI=1S/C10H13BrN2/c1-10(5-2-6-10)13-9-4-3-8(11)7-12-9/h3-4,7H,2,5-6H2,1H3,(H,12,13). The molecule has 1 aromatic heterocycles. The Labute approximate surface area is 86.9 Å². The first-order valence-corrected chi connectivity index (χ1v) is 5.37. The predicted molar refractivity (Wildman–Crippen MR) is 57.8 cm³/mol. The van der Waals surface area contributed by atoms with Crippen LogP contribution in [0.4, 0.5) is 5.82 Å². The van der Waals surface area contributed by atoms with Crippen molar-refractivity contribution in [2.24, 2.45) is 0 Å². The van der Waals surface area contributed by atoms with Gasteiger partial charge in [-0.15, -0.1) is 0 Å². The summed E-state index contributed by atoms with van der Waals surface area (Å²) in [5, 5.41) is 3.45. The van der Waals surface area contributed by atoms with E-state index < -0.39 is 0 Å². The predicted octanol–water partition coefficient (Wildman–Crippen LogP) is 3.20. The van der Waals surface area contributed by atoms with Gasteiger partial charge in [-0.05, 0) is 54.2 Å². The van der Waals surface area contributed by atoms with Crippen molar-refractivity contribution < 1.29 is 0 Å². The average molecular weight is 241 g/mol. The molecule has 2 nitrogen and oxygen atoms in total. The number of aromatic nitrogens is 1. The van der Waals surface area contributed by atoms with E-state index in [1.165, 1.54) is 19.3 Å². The minimum atomic E-state index is 0.292. The number of hydrogen-bond acceptors (Lipinski definition) is 2. The SMILES string of the molecule is CC1(Nc2ccc(Br)cn2)CCC1. The zero-order chi connectivity index (χ0) is 9.31. The molecule has 1 fully saturated rings. The molecule has 1 heterocycles.